The minimum absolute atomic E-state index is 0.171. The minimum Gasteiger partial charge on any atom is -0.468 e. The molecule has 0 radical (unpaired) electrons. The summed E-state index contributed by atoms with van der Waals surface area (Å²) in [4.78, 5) is 23.1. The number of carbonyl (C=O) groups excluding carboxylic acids is 2. The van der Waals surface area contributed by atoms with Crippen LogP contribution in [0.25, 0.3) is 0 Å². The van der Waals surface area contributed by atoms with Gasteiger partial charge in [0.2, 0.25) is 0 Å². The molecule has 1 aromatic carbocycles. The lowest BCUT2D eigenvalue weighted by atomic mass is 10.1. The van der Waals surface area contributed by atoms with Gasteiger partial charge in [-0.2, -0.15) is 0 Å². The molecule has 0 aliphatic carbocycles. The van der Waals surface area contributed by atoms with E-state index in [4.69, 9.17) is 4.74 Å². The molecule has 0 aliphatic rings. The highest BCUT2D eigenvalue weighted by molar-refractivity contribution is 7.99. The van der Waals surface area contributed by atoms with Gasteiger partial charge in [-0.3, -0.25) is 4.79 Å². The molecule has 0 saturated heterocycles. The number of halogens is 1. The lowest BCUT2D eigenvalue weighted by Gasteiger charge is -2.23. The predicted molar refractivity (Wildman–Crippen MR) is 87.9 cm³/mol. The Kier molecular flexibility index (Phi) is 7.35. The number of carbonyl (C=O) groups is 2. The number of hydrogen-bond donors (Lipinski definition) is 1. The van der Waals surface area contributed by atoms with Gasteiger partial charge < -0.3 is 14.8 Å². The van der Waals surface area contributed by atoms with Crippen LogP contribution in [0.4, 0.5) is 9.18 Å². The zero-order valence-electron chi connectivity index (χ0n) is 13.7. The maximum absolute atomic E-state index is 13.1. The van der Waals surface area contributed by atoms with E-state index in [1.54, 1.807) is 32.9 Å². The van der Waals surface area contributed by atoms with Crippen LogP contribution in [0.15, 0.2) is 24.3 Å². The van der Waals surface area contributed by atoms with Gasteiger partial charge in [0, 0.05) is 5.75 Å². The van der Waals surface area contributed by atoms with Crippen LogP contribution in [-0.2, 0) is 14.3 Å². The standard InChI is InChI=1S/C16H22FNO4S/c1-16(2,3)22-15(20)18-13(9-23-10-14(19)21-4)11-5-7-12(17)8-6-11/h5-8,13H,9-10H2,1-4H3,(H,18,20). The second-order valence-electron chi connectivity index (χ2n) is 5.84. The molecule has 0 fully saturated rings. The monoisotopic (exact) mass is 343 g/mol. The third kappa shape index (κ3) is 7.88. The number of ether oxygens (including phenoxy) is 2. The van der Waals surface area contributed by atoms with E-state index in [1.807, 2.05) is 0 Å². The van der Waals surface area contributed by atoms with E-state index >= 15 is 0 Å². The van der Waals surface area contributed by atoms with Crippen molar-refractivity contribution in [3.8, 4) is 0 Å². The van der Waals surface area contributed by atoms with E-state index in [-0.39, 0.29) is 17.5 Å². The molecule has 7 heteroatoms. The number of amides is 1. The lowest BCUT2D eigenvalue weighted by molar-refractivity contribution is -0.137. The molecule has 0 saturated carbocycles. The molecule has 23 heavy (non-hydrogen) atoms. The zero-order chi connectivity index (χ0) is 17.5. The normalized spacial score (nSPS) is 12.4. The summed E-state index contributed by atoms with van der Waals surface area (Å²) in [6.45, 7) is 5.31. The van der Waals surface area contributed by atoms with Crippen molar-refractivity contribution in [3.63, 3.8) is 0 Å². The molecule has 128 valence electrons. The third-order valence-electron chi connectivity index (χ3n) is 2.70. The van der Waals surface area contributed by atoms with Crippen LogP contribution < -0.4 is 5.32 Å². The molecular weight excluding hydrogens is 321 g/mol. The van der Waals surface area contributed by atoms with Crippen molar-refractivity contribution >= 4 is 23.8 Å². The quantitative estimate of drug-likeness (QED) is 0.803. The zero-order valence-corrected chi connectivity index (χ0v) is 14.5. The van der Waals surface area contributed by atoms with Gasteiger partial charge in [-0.25, -0.2) is 9.18 Å². The number of nitrogens with one attached hydrogen (secondary N) is 1. The molecule has 0 aromatic heterocycles. The molecule has 1 amide bonds. The number of hydrogen-bond acceptors (Lipinski definition) is 5. The SMILES string of the molecule is COC(=O)CSCC(NC(=O)OC(C)(C)C)c1ccc(F)cc1. The Hall–Kier alpha value is -1.76. The molecule has 0 heterocycles. The molecule has 1 aromatic rings. The molecule has 1 atom stereocenters. The molecule has 1 unspecified atom stereocenters. The van der Waals surface area contributed by atoms with E-state index in [0.717, 1.165) is 5.56 Å². The number of rotatable bonds is 6. The van der Waals surface area contributed by atoms with Gasteiger partial charge in [0.1, 0.15) is 11.4 Å². The summed E-state index contributed by atoms with van der Waals surface area (Å²) in [7, 11) is 1.32. The Morgan fingerprint density at radius 2 is 1.87 bits per heavy atom. The van der Waals surface area contributed by atoms with Crippen molar-refractivity contribution in [2.24, 2.45) is 0 Å². The van der Waals surface area contributed by atoms with Crippen LogP contribution in [0, 0.1) is 5.82 Å². The first-order valence-electron chi connectivity index (χ1n) is 7.11. The maximum atomic E-state index is 13.1. The van der Waals surface area contributed by atoms with Crippen LogP contribution >= 0.6 is 11.8 Å². The highest BCUT2D eigenvalue weighted by Gasteiger charge is 2.21. The van der Waals surface area contributed by atoms with Crippen molar-refractivity contribution in [2.45, 2.75) is 32.4 Å². The Balaban J connectivity index is 2.73. The summed E-state index contributed by atoms with van der Waals surface area (Å²) in [5.41, 5.74) is 0.117. The first-order valence-corrected chi connectivity index (χ1v) is 8.26. The molecule has 1 rings (SSSR count). The smallest absolute Gasteiger partial charge is 0.408 e. The summed E-state index contributed by atoms with van der Waals surface area (Å²) < 4.78 is 22.9. The Morgan fingerprint density at radius 3 is 2.39 bits per heavy atom. The van der Waals surface area contributed by atoms with Crippen molar-refractivity contribution in [2.75, 3.05) is 18.6 Å². The first-order chi connectivity index (χ1) is 10.7. The number of alkyl carbamates (subject to hydrolysis) is 1. The molecule has 1 N–H and O–H groups in total. The van der Waals surface area contributed by atoms with Crippen LogP contribution in [0.1, 0.15) is 32.4 Å². The topological polar surface area (TPSA) is 64.6 Å². The number of benzene rings is 1. The summed E-state index contributed by atoms with van der Waals surface area (Å²) in [6.07, 6.45) is -0.564. The Bertz CT molecular complexity index is 528. The van der Waals surface area contributed by atoms with E-state index in [1.165, 1.54) is 31.0 Å². The molecular formula is C16H22FNO4S. The van der Waals surface area contributed by atoms with Gasteiger partial charge >= 0.3 is 12.1 Å². The lowest BCUT2D eigenvalue weighted by Crippen LogP contribution is -2.36. The summed E-state index contributed by atoms with van der Waals surface area (Å²) in [6, 6.07) is 5.43. The van der Waals surface area contributed by atoms with Gasteiger partial charge in [-0.05, 0) is 38.5 Å². The third-order valence-corrected chi connectivity index (χ3v) is 3.70. The summed E-state index contributed by atoms with van der Waals surface area (Å²) in [5, 5.41) is 2.74. The van der Waals surface area contributed by atoms with Crippen molar-refractivity contribution < 1.29 is 23.5 Å². The fourth-order valence-corrected chi connectivity index (χ4v) is 2.60. The fraction of sp³-hybridized carbons (Fsp3) is 0.500. The van der Waals surface area contributed by atoms with Gasteiger partial charge in [0.05, 0.1) is 18.9 Å². The van der Waals surface area contributed by atoms with E-state index < -0.39 is 17.7 Å². The van der Waals surface area contributed by atoms with E-state index in [0.29, 0.717) is 5.75 Å². The second kappa shape index (κ2) is 8.76. The average Bonchev–Trinajstić information content (AvgIpc) is 2.45. The van der Waals surface area contributed by atoms with Crippen molar-refractivity contribution in [1.29, 1.82) is 0 Å². The van der Waals surface area contributed by atoms with Gasteiger partial charge in [0.15, 0.2) is 0 Å². The summed E-state index contributed by atoms with van der Waals surface area (Å²) in [5.74, 6) is -0.0958. The van der Waals surface area contributed by atoms with Gasteiger partial charge in [-0.15, -0.1) is 11.8 Å². The molecule has 0 spiro atoms. The fourth-order valence-electron chi connectivity index (χ4n) is 1.69. The van der Waals surface area contributed by atoms with E-state index in [9.17, 15) is 14.0 Å². The number of thioether (sulfide) groups is 1. The average molecular weight is 343 g/mol. The minimum atomic E-state index is -0.614. The molecule has 0 aliphatic heterocycles. The van der Waals surface area contributed by atoms with Crippen molar-refractivity contribution in [3.05, 3.63) is 35.6 Å². The van der Waals surface area contributed by atoms with Crippen LogP contribution in [0.2, 0.25) is 0 Å². The van der Waals surface area contributed by atoms with Crippen LogP contribution in [0.3, 0.4) is 0 Å². The Labute approximate surface area is 139 Å². The highest BCUT2D eigenvalue weighted by Crippen LogP contribution is 2.20. The van der Waals surface area contributed by atoms with Crippen molar-refractivity contribution in [1.82, 2.24) is 5.32 Å². The summed E-state index contributed by atoms with van der Waals surface area (Å²) >= 11 is 1.31. The van der Waals surface area contributed by atoms with Crippen LogP contribution in [-0.4, -0.2) is 36.3 Å². The van der Waals surface area contributed by atoms with E-state index in [2.05, 4.69) is 10.1 Å². The predicted octanol–water partition coefficient (Wildman–Crippen LogP) is 3.30. The number of esters is 1. The van der Waals surface area contributed by atoms with Gasteiger partial charge in [-0.1, -0.05) is 12.1 Å². The van der Waals surface area contributed by atoms with Gasteiger partial charge in [0.25, 0.3) is 0 Å². The molecule has 0 bridgehead atoms. The second-order valence-corrected chi connectivity index (χ2v) is 6.87. The largest absolute Gasteiger partial charge is 0.468 e. The Morgan fingerprint density at radius 1 is 1.26 bits per heavy atom. The maximum Gasteiger partial charge on any atom is 0.408 e. The molecule has 5 nitrogen and oxygen atoms in total. The highest BCUT2D eigenvalue weighted by atomic mass is 32.2. The first kappa shape index (κ1) is 19.3. The van der Waals surface area contributed by atoms with Crippen LogP contribution in [0.5, 0.6) is 0 Å². The number of methoxy groups -OCH3 is 1.